The van der Waals surface area contributed by atoms with Crippen LogP contribution in [0.3, 0.4) is 0 Å². The minimum absolute atomic E-state index is 0.320. The molecule has 0 radical (unpaired) electrons. The van der Waals surface area contributed by atoms with E-state index in [9.17, 15) is 5.11 Å². The Morgan fingerprint density at radius 1 is 0.607 bits per heavy atom. The second-order valence-electron chi connectivity index (χ2n) is 11.6. The predicted molar refractivity (Wildman–Crippen MR) is 125 cm³/mol. The highest BCUT2D eigenvalue weighted by molar-refractivity contribution is 6.71. The molecule has 0 bridgehead atoms. The summed E-state index contributed by atoms with van der Waals surface area (Å²) >= 11 is 0. The van der Waals surface area contributed by atoms with Crippen molar-refractivity contribution in [2.75, 3.05) is 6.61 Å². The van der Waals surface area contributed by atoms with E-state index in [1.165, 1.54) is 0 Å². The third-order valence-corrected chi connectivity index (χ3v) is 7.73. The van der Waals surface area contributed by atoms with Crippen LogP contribution < -0.4 is 0 Å². The third-order valence-electron chi connectivity index (χ3n) is 3.76. The van der Waals surface area contributed by atoms with Gasteiger partial charge in [0.1, 0.15) is 24.4 Å². The molecule has 5 atom stereocenters. The lowest BCUT2D eigenvalue weighted by Gasteiger charge is -2.49. The Balaban J connectivity index is 3.26. The van der Waals surface area contributed by atoms with Gasteiger partial charge in [-0.15, -0.1) is 0 Å². The van der Waals surface area contributed by atoms with Gasteiger partial charge in [-0.3, -0.25) is 0 Å². The van der Waals surface area contributed by atoms with Gasteiger partial charge in [0.15, 0.2) is 39.6 Å². The van der Waals surface area contributed by atoms with E-state index in [2.05, 4.69) is 78.6 Å². The summed E-state index contributed by atoms with van der Waals surface area (Å²) in [5.74, 6) is 0. The molecule has 0 amide bonds. The maximum atomic E-state index is 10.8. The highest BCUT2D eigenvalue weighted by Gasteiger charge is 2.51. The van der Waals surface area contributed by atoms with Gasteiger partial charge in [0.2, 0.25) is 0 Å². The Morgan fingerprint density at radius 3 is 1.39 bits per heavy atom. The van der Waals surface area contributed by atoms with Gasteiger partial charge in [0, 0.05) is 0 Å². The largest absolute Gasteiger partial charge is 0.415 e. The van der Waals surface area contributed by atoms with E-state index in [-0.39, 0.29) is 18.3 Å². The molecule has 1 aliphatic heterocycles. The van der Waals surface area contributed by atoms with E-state index < -0.39 is 45.7 Å². The second kappa shape index (κ2) is 9.41. The summed E-state index contributed by atoms with van der Waals surface area (Å²) in [6, 6.07) is 0. The first kappa shape index (κ1) is 26.7. The number of aliphatic hydroxyl groups is 1. The lowest BCUT2D eigenvalue weighted by molar-refractivity contribution is -0.274. The Kier molecular flexibility index (Phi) is 8.96. The summed E-state index contributed by atoms with van der Waals surface area (Å²) in [7, 11) is -7.50. The SMILES string of the molecule is C[Si](C)(C)OC[C@H]1O[C@H](O)[C@H](O[Si](C)(C)C)[C@H](O[Si](C)(C)C)[C@@H]1O[Si](C)(C)C. The molecule has 1 rings (SSSR count). The first-order chi connectivity index (χ1) is 12.3. The minimum atomic E-state index is -1.94. The lowest BCUT2D eigenvalue weighted by atomic mass is 9.99. The average Bonchev–Trinajstić information content (AvgIpc) is 2.39. The van der Waals surface area contributed by atoms with Crippen LogP contribution in [0, 0.1) is 0 Å². The molecule has 0 aromatic heterocycles. The van der Waals surface area contributed by atoms with Crippen molar-refractivity contribution in [1.82, 2.24) is 0 Å². The van der Waals surface area contributed by atoms with E-state index in [0.29, 0.717) is 6.61 Å². The molecular weight excluding hydrogens is 425 g/mol. The van der Waals surface area contributed by atoms with Crippen LogP contribution in [0.15, 0.2) is 0 Å². The molecule has 10 heteroatoms. The summed E-state index contributed by atoms with van der Waals surface area (Å²) in [4.78, 5) is 0. The van der Waals surface area contributed by atoms with Crippen LogP contribution >= 0.6 is 0 Å². The van der Waals surface area contributed by atoms with Crippen LogP contribution in [0.5, 0.6) is 0 Å². The Labute approximate surface area is 176 Å². The predicted octanol–water partition coefficient (Wildman–Crippen LogP) is 4.22. The Morgan fingerprint density at radius 2 is 1.00 bits per heavy atom. The fourth-order valence-electron chi connectivity index (χ4n) is 2.99. The van der Waals surface area contributed by atoms with E-state index in [1.54, 1.807) is 0 Å². The normalized spacial score (nSPS) is 30.5. The highest BCUT2D eigenvalue weighted by Crippen LogP contribution is 2.33. The van der Waals surface area contributed by atoms with Gasteiger partial charge < -0.3 is 27.5 Å². The van der Waals surface area contributed by atoms with Gasteiger partial charge in [-0.25, -0.2) is 0 Å². The molecule has 0 aliphatic carbocycles. The fraction of sp³-hybridized carbons (Fsp3) is 1.00. The molecule has 0 aromatic rings. The number of aliphatic hydroxyl groups excluding tert-OH is 1. The zero-order chi connectivity index (χ0) is 22.1. The summed E-state index contributed by atoms with van der Waals surface area (Å²) in [5, 5.41) is 10.8. The van der Waals surface area contributed by atoms with Crippen LogP contribution in [-0.2, 0) is 22.4 Å². The zero-order valence-electron chi connectivity index (χ0n) is 20.1. The second-order valence-corrected chi connectivity index (χ2v) is 29.5. The fourth-order valence-corrected chi connectivity index (χ4v) is 6.91. The van der Waals surface area contributed by atoms with Crippen molar-refractivity contribution in [2.24, 2.45) is 0 Å². The van der Waals surface area contributed by atoms with Gasteiger partial charge >= 0.3 is 0 Å². The van der Waals surface area contributed by atoms with Crippen molar-refractivity contribution in [2.45, 2.75) is 109 Å². The molecule has 1 aliphatic rings. The van der Waals surface area contributed by atoms with E-state index >= 15 is 0 Å². The minimum Gasteiger partial charge on any atom is -0.415 e. The van der Waals surface area contributed by atoms with Crippen molar-refractivity contribution < 1.29 is 27.5 Å². The van der Waals surface area contributed by atoms with Crippen molar-refractivity contribution >= 4 is 33.3 Å². The van der Waals surface area contributed by atoms with Crippen molar-refractivity contribution in [3.8, 4) is 0 Å². The number of ether oxygens (including phenoxy) is 1. The summed E-state index contributed by atoms with van der Waals surface area (Å²) < 4.78 is 31.7. The molecule has 0 saturated carbocycles. The highest BCUT2D eigenvalue weighted by atomic mass is 28.4. The van der Waals surface area contributed by atoms with Crippen LogP contribution in [0.2, 0.25) is 78.6 Å². The maximum absolute atomic E-state index is 10.8. The van der Waals surface area contributed by atoms with E-state index in [1.807, 2.05) is 0 Å². The molecule has 0 spiro atoms. The van der Waals surface area contributed by atoms with Crippen LogP contribution in [0.25, 0.3) is 0 Å². The molecule has 0 aromatic carbocycles. The summed E-state index contributed by atoms with van der Waals surface area (Å²) in [6.45, 7) is 26.1. The molecular formula is C18H44O6Si4. The summed E-state index contributed by atoms with van der Waals surface area (Å²) in [6.07, 6.45) is -2.67. The van der Waals surface area contributed by atoms with Crippen molar-refractivity contribution in [3.63, 3.8) is 0 Å². The van der Waals surface area contributed by atoms with Gasteiger partial charge in [0.25, 0.3) is 0 Å². The molecule has 1 saturated heterocycles. The standard InChI is InChI=1S/C18H44O6Si4/c1-25(2,3)20-13-14-15(22-26(4,5)6)16(23-27(7,8)9)17(18(19)21-14)24-28(10,11)12/h14-19H,13H2,1-12H3/t14-,15-,16-,17-,18+/m1/s1. The van der Waals surface area contributed by atoms with Crippen LogP contribution in [-0.4, -0.2) is 75.7 Å². The molecule has 6 nitrogen and oxygen atoms in total. The first-order valence-corrected chi connectivity index (χ1v) is 23.9. The third kappa shape index (κ3) is 10.1. The van der Waals surface area contributed by atoms with Crippen molar-refractivity contribution in [1.29, 1.82) is 0 Å². The van der Waals surface area contributed by atoms with E-state index in [0.717, 1.165) is 0 Å². The molecule has 168 valence electrons. The smallest absolute Gasteiger partial charge is 0.184 e. The number of hydrogen-bond acceptors (Lipinski definition) is 6. The first-order valence-electron chi connectivity index (χ1n) is 10.3. The van der Waals surface area contributed by atoms with Crippen molar-refractivity contribution in [3.05, 3.63) is 0 Å². The molecule has 28 heavy (non-hydrogen) atoms. The maximum Gasteiger partial charge on any atom is 0.184 e. The van der Waals surface area contributed by atoms with Gasteiger partial charge in [-0.2, -0.15) is 0 Å². The van der Waals surface area contributed by atoms with Gasteiger partial charge in [-0.05, 0) is 78.6 Å². The number of rotatable bonds is 9. The quantitative estimate of drug-likeness (QED) is 0.511. The zero-order valence-corrected chi connectivity index (χ0v) is 24.1. The monoisotopic (exact) mass is 468 g/mol. The molecule has 1 heterocycles. The molecule has 1 N–H and O–H groups in total. The lowest BCUT2D eigenvalue weighted by Crippen LogP contribution is -2.66. The Bertz CT molecular complexity index is 492. The van der Waals surface area contributed by atoms with Crippen LogP contribution in [0.1, 0.15) is 0 Å². The molecule has 1 fully saturated rings. The summed E-state index contributed by atoms with van der Waals surface area (Å²) in [5.41, 5.74) is 0. The topological polar surface area (TPSA) is 66.4 Å². The van der Waals surface area contributed by atoms with E-state index in [4.69, 9.17) is 22.4 Å². The average molecular weight is 469 g/mol. The number of hydrogen-bond donors (Lipinski definition) is 1. The Hall–Kier alpha value is 0.628. The molecule has 0 unspecified atom stereocenters. The van der Waals surface area contributed by atoms with Crippen LogP contribution in [0.4, 0.5) is 0 Å². The van der Waals surface area contributed by atoms with Gasteiger partial charge in [-0.1, -0.05) is 0 Å². The van der Waals surface area contributed by atoms with Gasteiger partial charge in [0.05, 0.1) is 6.61 Å².